The highest BCUT2D eigenvalue weighted by Gasteiger charge is 2.16. The zero-order valence-electron chi connectivity index (χ0n) is 17.6. The van der Waals surface area contributed by atoms with Crippen molar-refractivity contribution in [2.75, 3.05) is 39.3 Å². The van der Waals surface area contributed by atoms with E-state index in [0.717, 1.165) is 32.4 Å². The van der Waals surface area contributed by atoms with Crippen LogP contribution < -0.4 is 0 Å². The molecule has 0 atom stereocenters. The van der Waals surface area contributed by atoms with Gasteiger partial charge in [0.1, 0.15) is 0 Å². The van der Waals surface area contributed by atoms with Gasteiger partial charge in [-0.3, -0.25) is 9.59 Å². The van der Waals surface area contributed by atoms with Crippen molar-refractivity contribution in [3.8, 4) is 0 Å². The molecule has 0 spiro atoms. The first-order chi connectivity index (χ1) is 13.6. The molecule has 2 rings (SSSR count). The largest absolute Gasteiger partial charge is 0.466 e. The van der Waals surface area contributed by atoms with E-state index in [0.29, 0.717) is 19.6 Å². The van der Waals surface area contributed by atoms with Gasteiger partial charge in [0.15, 0.2) is 0 Å². The summed E-state index contributed by atoms with van der Waals surface area (Å²) in [5.41, 5.74) is 2.41. The molecular weight excluding hydrogens is 352 g/mol. The van der Waals surface area contributed by atoms with Crippen LogP contribution in [0.15, 0.2) is 24.3 Å². The van der Waals surface area contributed by atoms with E-state index in [1.165, 1.54) is 37.1 Å². The Morgan fingerprint density at radius 2 is 1.75 bits per heavy atom. The Kier molecular flexibility index (Phi) is 10.0. The first kappa shape index (κ1) is 22.4. The zero-order valence-corrected chi connectivity index (χ0v) is 17.6. The fourth-order valence-corrected chi connectivity index (χ4v) is 3.63. The SMILES string of the molecule is CCOC(=O)CCN(CCCCN1CCCC1)C(=O)CCc1ccc(C)cc1. The zero-order chi connectivity index (χ0) is 20.2. The van der Waals surface area contributed by atoms with E-state index >= 15 is 0 Å². The topological polar surface area (TPSA) is 49.9 Å². The number of esters is 1. The Bertz CT molecular complexity index is 594. The van der Waals surface area contributed by atoms with E-state index in [4.69, 9.17) is 4.74 Å². The fourth-order valence-electron chi connectivity index (χ4n) is 3.63. The van der Waals surface area contributed by atoms with Gasteiger partial charge in [0, 0.05) is 19.5 Å². The van der Waals surface area contributed by atoms with E-state index in [1.54, 1.807) is 6.92 Å². The highest BCUT2D eigenvalue weighted by Crippen LogP contribution is 2.11. The maximum absolute atomic E-state index is 12.8. The van der Waals surface area contributed by atoms with Crippen LogP contribution in [-0.4, -0.2) is 61.0 Å². The lowest BCUT2D eigenvalue weighted by molar-refractivity contribution is -0.144. The molecule has 1 heterocycles. The molecule has 0 aromatic heterocycles. The maximum Gasteiger partial charge on any atom is 0.307 e. The van der Waals surface area contributed by atoms with Crippen molar-refractivity contribution in [3.63, 3.8) is 0 Å². The molecule has 1 fully saturated rings. The van der Waals surface area contributed by atoms with Gasteiger partial charge < -0.3 is 14.5 Å². The van der Waals surface area contributed by atoms with Crippen molar-refractivity contribution in [2.45, 2.75) is 58.8 Å². The lowest BCUT2D eigenvalue weighted by atomic mass is 10.1. The summed E-state index contributed by atoms with van der Waals surface area (Å²) in [5.74, 6) is -0.0954. The van der Waals surface area contributed by atoms with Gasteiger partial charge in [0.2, 0.25) is 5.91 Å². The molecule has 0 aliphatic carbocycles. The normalized spacial score (nSPS) is 14.2. The summed E-state index contributed by atoms with van der Waals surface area (Å²) in [4.78, 5) is 28.8. The second-order valence-corrected chi connectivity index (χ2v) is 7.68. The Hall–Kier alpha value is -1.88. The van der Waals surface area contributed by atoms with E-state index < -0.39 is 0 Å². The van der Waals surface area contributed by atoms with Crippen molar-refractivity contribution in [1.82, 2.24) is 9.80 Å². The number of hydrogen-bond acceptors (Lipinski definition) is 4. The number of nitrogens with zero attached hydrogens (tertiary/aromatic N) is 2. The summed E-state index contributed by atoms with van der Waals surface area (Å²) in [6.07, 6.45) is 6.19. The van der Waals surface area contributed by atoms with Crippen LogP contribution in [0.5, 0.6) is 0 Å². The Morgan fingerprint density at radius 3 is 2.43 bits per heavy atom. The van der Waals surface area contributed by atoms with Crippen molar-refractivity contribution >= 4 is 11.9 Å². The summed E-state index contributed by atoms with van der Waals surface area (Å²) in [6, 6.07) is 8.33. The number of hydrogen-bond donors (Lipinski definition) is 0. The number of likely N-dealkylation sites (tertiary alicyclic amines) is 1. The number of ether oxygens (including phenoxy) is 1. The van der Waals surface area contributed by atoms with Crippen LogP contribution in [0.1, 0.15) is 56.6 Å². The van der Waals surface area contributed by atoms with Gasteiger partial charge in [-0.05, 0) is 71.1 Å². The van der Waals surface area contributed by atoms with Gasteiger partial charge >= 0.3 is 5.97 Å². The quantitative estimate of drug-likeness (QED) is 0.406. The molecule has 0 bridgehead atoms. The first-order valence-electron chi connectivity index (χ1n) is 10.8. The lowest BCUT2D eigenvalue weighted by Gasteiger charge is -2.23. The molecule has 0 unspecified atom stereocenters. The third-order valence-electron chi connectivity index (χ3n) is 5.34. The Labute approximate surface area is 170 Å². The minimum Gasteiger partial charge on any atom is -0.466 e. The predicted molar refractivity (Wildman–Crippen MR) is 112 cm³/mol. The fraction of sp³-hybridized carbons (Fsp3) is 0.652. The van der Waals surface area contributed by atoms with Crippen LogP contribution >= 0.6 is 0 Å². The smallest absolute Gasteiger partial charge is 0.307 e. The molecule has 0 saturated carbocycles. The number of unbranched alkanes of at least 4 members (excludes halogenated alkanes) is 1. The lowest BCUT2D eigenvalue weighted by Crippen LogP contribution is -2.34. The molecule has 5 nitrogen and oxygen atoms in total. The minimum absolute atomic E-state index is 0.131. The summed E-state index contributed by atoms with van der Waals surface area (Å²) in [6.45, 7) is 8.97. The highest BCUT2D eigenvalue weighted by atomic mass is 16.5. The number of carbonyl (C=O) groups excluding carboxylic acids is 2. The molecule has 1 amide bonds. The van der Waals surface area contributed by atoms with E-state index in [9.17, 15) is 9.59 Å². The molecule has 28 heavy (non-hydrogen) atoms. The standard InChI is InChI=1S/C23H36N2O3/c1-3-28-23(27)14-19-25(18-7-6-17-24-15-4-5-16-24)22(26)13-12-21-10-8-20(2)9-11-21/h8-11H,3-7,12-19H2,1-2H3. The summed E-state index contributed by atoms with van der Waals surface area (Å²) in [7, 11) is 0. The van der Waals surface area contributed by atoms with Gasteiger partial charge in [0.05, 0.1) is 13.0 Å². The van der Waals surface area contributed by atoms with Crippen LogP contribution in [-0.2, 0) is 20.7 Å². The van der Waals surface area contributed by atoms with Gasteiger partial charge in [0.25, 0.3) is 0 Å². The average molecular weight is 389 g/mol. The molecule has 1 aliphatic rings. The monoisotopic (exact) mass is 388 g/mol. The van der Waals surface area contributed by atoms with Crippen LogP contribution in [0.4, 0.5) is 0 Å². The van der Waals surface area contributed by atoms with Gasteiger partial charge in [-0.15, -0.1) is 0 Å². The molecule has 5 heteroatoms. The number of benzene rings is 1. The number of amides is 1. The summed E-state index contributed by atoms with van der Waals surface area (Å²) < 4.78 is 5.02. The first-order valence-corrected chi connectivity index (χ1v) is 10.8. The van der Waals surface area contributed by atoms with Crippen LogP contribution in [0.25, 0.3) is 0 Å². The van der Waals surface area contributed by atoms with Crippen LogP contribution in [0.2, 0.25) is 0 Å². The molecule has 0 radical (unpaired) electrons. The number of rotatable bonds is 12. The highest BCUT2D eigenvalue weighted by molar-refractivity contribution is 5.77. The van der Waals surface area contributed by atoms with Crippen LogP contribution in [0.3, 0.4) is 0 Å². The molecule has 1 aliphatic heterocycles. The van der Waals surface area contributed by atoms with E-state index in [1.807, 2.05) is 4.90 Å². The van der Waals surface area contributed by atoms with Gasteiger partial charge in [-0.25, -0.2) is 0 Å². The second kappa shape index (κ2) is 12.6. The van der Waals surface area contributed by atoms with Crippen molar-refractivity contribution in [3.05, 3.63) is 35.4 Å². The van der Waals surface area contributed by atoms with Gasteiger partial charge in [-0.1, -0.05) is 29.8 Å². The minimum atomic E-state index is -0.226. The second-order valence-electron chi connectivity index (χ2n) is 7.68. The van der Waals surface area contributed by atoms with Crippen molar-refractivity contribution in [2.24, 2.45) is 0 Å². The van der Waals surface area contributed by atoms with E-state index in [-0.39, 0.29) is 18.3 Å². The third kappa shape index (κ3) is 8.42. The average Bonchev–Trinajstić information content (AvgIpc) is 3.20. The van der Waals surface area contributed by atoms with Crippen molar-refractivity contribution in [1.29, 1.82) is 0 Å². The van der Waals surface area contributed by atoms with Gasteiger partial charge in [-0.2, -0.15) is 0 Å². The Morgan fingerprint density at radius 1 is 1.04 bits per heavy atom. The molecular formula is C23H36N2O3. The Balaban J connectivity index is 1.79. The maximum atomic E-state index is 12.8. The molecule has 156 valence electrons. The molecule has 1 aromatic carbocycles. The van der Waals surface area contributed by atoms with Crippen LogP contribution in [0, 0.1) is 6.92 Å². The van der Waals surface area contributed by atoms with Crippen molar-refractivity contribution < 1.29 is 14.3 Å². The third-order valence-corrected chi connectivity index (χ3v) is 5.34. The number of aryl methyl sites for hydroxylation is 2. The molecule has 1 saturated heterocycles. The molecule has 0 N–H and O–H groups in total. The predicted octanol–water partition coefficient (Wildman–Crippen LogP) is 3.59. The summed E-state index contributed by atoms with van der Waals surface area (Å²) in [5, 5.41) is 0. The van der Waals surface area contributed by atoms with E-state index in [2.05, 4.69) is 36.1 Å². The summed E-state index contributed by atoms with van der Waals surface area (Å²) >= 11 is 0. The number of carbonyl (C=O) groups is 2. The molecule has 1 aromatic rings.